The molecule has 0 unspecified atom stereocenters. The first-order chi connectivity index (χ1) is 12.3. The smallest absolute Gasteiger partial charge is 0.210 e. The van der Waals surface area contributed by atoms with Crippen LogP contribution in [-0.4, -0.2) is 15.2 Å². The molecule has 0 aliphatic heterocycles. The Labute approximate surface area is 149 Å². The van der Waals surface area contributed by atoms with E-state index in [1.54, 1.807) is 6.20 Å². The van der Waals surface area contributed by atoms with Gasteiger partial charge in [0.05, 0.1) is 0 Å². The first-order valence-electron chi connectivity index (χ1n) is 7.90. The van der Waals surface area contributed by atoms with E-state index in [4.69, 9.17) is 4.74 Å². The van der Waals surface area contributed by atoms with Gasteiger partial charge in [-0.25, -0.2) is 0 Å². The van der Waals surface area contributed by atoms with Gasteiger partial charge < -0.3 is 10.1 Å². The number of aromatic nitrogens is 3. The average Bonchev–Trinajstić information content (AvgIpc) is 3.07. The number of pyridine rings is 1. The topological polar surface area (TPSA) is 59.9 Å². The molecule has 0 aliphatic rings. The molecule has 0 spiro atoms. The highest BCUT2D eigenvalue weighted by molar-refractivity contribution is 7.15. The van der Waals surface area contributed by atoms with Crippen LogP contribution in [0.2, 0.25) is 0 Å². The Morgan fingerprint density at radius 1 is 1.04 bits per heavy atom. The van der Waals surface area contributed by atoms with Gasteiger partial charge in [-0.1, -0.05) is 41.7 Å². The number of fused-ring (bicyclic) bond motifs is 1. The summed E-state index contributed by atoms with van der Waals surface area (Å²) in [5.74, 6) is 0.751. The third-order valence-electron chi connectivity index (χ3n) is 3.68. The number of nitrogens with zero attached hydrogens (tertiary/aromatic N) is 3. The van der Waals surface area contributed by atoms with E-state index in [2.05, 4.69) is 39.6 Å². The number of aryl methyl sites for hydroxylation is 1. The van der Waals surface area contributed by atoms with E-state index in [1.165, 1.54) is 16.9 Å². The van der Waals surface area contributed by atoms with Crippen molar-refractivity contribution in [3.63, 3.8) is 0 Å². The van der Waals surface area contributed by atoms with E-state index < -0.39 is 0 Å². The van der Waals surface area contributed by atoms with Gasteiger partial charge in [-0.3, -0.25) is 4.98 Å². The standard InChI is InChI=1S/C19H16N4OS/c1-13-5-2-8-15(11-13)21-19-23-22-17(25-19)12-24-16-9-3-6-14-7-4-10-20-18(14)16/h2-11H,12H2,1H3,(H,21,23). The first kappa shape index (κ1) is 15.5. The minimum Gasteiger partial charge on any atom is -0.484 e. The molecule has 124 valence electrons. The third kappa shape index (κ3) is 3.59. The maximum atomic E-state index is 5.91. The lowest BCUT2D eigenvalue weighted by Crippen LogP contribution is -1.96. The minimum atomic E-state index is 0.364. The maximum Gasteiger partial charge on any atom is 0.210 e. The molecule has 0 bridgehead atoms. The molecule has 0 radical (unpaired) electrons. The van der Waals surface area contributed by atoms with Crippen LogP contribution in [0.4, 0.5) is 10.8 Å². The number of anilines is 2. The lowest BCUT2D eigenvalue weighted by atomic mass is 10.2. The molecule has 0 amide bonds. The fourth-order valence-corrected chi connectivity index (χ4v) is 3.21. The number of rotatable bonds is 5. The second-order valence-electron chi connectivity index (χ2n) is 5.62. The molecule has 25 heavy (non-hydrogen) atoms. The Hall–Kier alpha value is -2.99. The molecule has 0 saturated carbocycles. The maximum absolute atomic E-state index is 5.91. The molecule has 4 aromatic rings. The lowest BCUT2D eigenvalue weighted by Gasteiger charge is -2.06. The molecule has 2 aromatic heterocycles. The normalized spacial score (nSPS) is 10.8. The zero-order valence-corrected chi connectivity index (χ0v) is 14.5. The zero-order valence-electron chi connectivity index (χ0n) is 13.6. The summed E-state index contributed by atoms with van der Waals surface area (Å²) in [6.45, 7) is 2.42. The Bertz CT molecular complexity index is 1010. The van der Waals surface area contributed by atoms with Crippen molar-refractivity contribution in [2.45, 2.75) is 13.5 Å². The van der Waals surface area contributed by atoms with E-state index >= 15 is 0 Å². The van der Waals surface area contributed by atoms with Crippen LogP contribution in [0.5, 0.6) is 5.75 Å². The number of hydrogen-bond donors (Lipinski definition) is 1. The second-order valence-corrected chi connectivity index (χ2v) is 6.68. The van der Waals surface area contributed by atoms with Gasteiger partial charge in [-0.2, -0.15) is 0 Å². The van der Waals surface area contributed by atoms with Crippen molar-refractivity contribution < 1.29 is 4.74 Å². The largest absolute Gasteiger partial charge is 0.484 e. The SMILES string of the molecule is Cc1cccc(Nc2nnc(COc3cccc4cccnc34)s2)c1. The van der Waals surface area contributed by atoms with Crippen molar-refractivity contribution in [2.75, 3.05) is 5.32 Å². The summed E-state index contributed by atoms with van der Waals surface area (Å²) in [5, 5.41) is 14.3. The number of para-hydroxylation sites is 1. The molecule has 0 fully saturated rings. The van der Waals surface area contributed by atoms with Gasteiger partial charge in [-0.15, -0.1) is 10.2 Å². The fourth-order valence-electron chi connectivity index (χ4n) is 2.54. The highest BCUT2D eigenvalue weighted by Crippen LogP contribution is 2.26. The van der Waals surface area contributed by atoms with Crippen LogP contribution in [0.1, 0.15) is 10.6 Å². The molecule has 6 heteroatoms. The van der Waals surface area contributed by atoms with E-state index in [9.17, 15) is 0 Å². The molecular weight excluding hydrogens is 332 g/mol. The fraction of sp³-hybridized carbons (Fsp3) is 0.105. The van der Waals surface area contributed by atoms with E-state index in [-0.39, 0.29) is 0 Å². The van der Waals surface area contributed by atoms with Crippen molar-refractivity contribution in [1.82, 2.24) is 15.2 Å². The monoisotopic (exact) mass is 348 g/mol. The van der Waals surface area contributed by atoms with Crippen LogP contribution in [0, 0.1) is 6.92 Å². The van der Waals surface area contributed by atoms with Crippen LogP contribution in [-0.2, 0) is 6.61 Å². The summed E-state index contributed by atoms with van der Waals surface area (Å²) >= 11 is 1.48. The summed E-state index contributed by atoms with van der Waals surface area (Å²) < 4.78 is 5.91. The van der Waals surface area contributed by atoms with Gasteiger partial charge in [0.25, 0.3) is 0 Å². The Kier molecular flexibility index (Phi) is 4.26. The second kappa shape index (κ2) is 6.86. The highest BCUT2D eigenvalue weighted by atomic mass is 32.1. The van der Waals surface area contributed by atoms with Crippen molar-refractivity contribution in [3.05, 3.63) is 71.4 Å². The van der Waals surface area contributed by atoms with Gasteiger partial charge in [0, 0.05) is 17.3 Å². The van der Waals surface area contributed by atoms with E-state index in [0.29, 0.717) is 6.61 Å². The summed E-state index contributed by atoms with van der Waals surface area (Å²) in [7, 11) is 0. The zero-order chi connectivity index (χ0) is 17.1. The molecule has 1 N–H and O–H groups in total. The molecule has 0 saturated heterocycles. The lowest BCUT2D eigenvalue weighted by molar-refractivity contribution is 0.307. The van der Waals surface area contributed by atoms with Crippen molar-refractivity contribution in [2.24, 2.45) is 0 Å². The van der Waals surface area contributed by atoms with Crippen LogP contribution >= 0.6 is 11.3 Å². The summed E-state index contributed by atoms with van der Waals surface area (Å²) in [4.78, 5) is 4.39. The molecular formula is C19H16N4OS. The molecule has 2 heterocycles. The number of nitrogens with one attached hydrogen (secondary N) is 1. The van der Waals surface area contributed by atoms with Gasteiger partial charge >= 0.3 is 0 Å². The Morgan fingerprint density at radius 3 is 2.84 bits per heavy atom. The van der Waals surface area contributed by atoms with Gasteiger partial charge in [0.1, 0.15) is 17.9 Å². The number of benzene rings is 2. The molecule has 2 aromatic carbocycles. The minimum absolute atomic E-state index is 0.364. The number of ether oxygens (including phenoxy) is 1. The molecule has 4 rings (SSSR count). The molecule has 0 aliphatic carbocycles. The van der Waals surface area contributed by atoms with Crippen molar-refractivity contribution in [1.29, 1.82) is 0 Å². The Balaban J connectivity index is 1.46. The van der Waals surface area contributed by atoms with E-state index in [0.717, 1.165) is 32.5 Å². The van der Waals surface area contributed by atoms with Gasteiger partial charge in [-0.05, 0) is 36.8 Å². The quantitative estimate of drug-likeness (QED) is 0.565. The van der Waals surface area contributed by atoms with Gasteiger partial charge in [0.15, 0.2) is 5.01 Å². The predicted molar refractivity (Wildman–Crippen MR) is 100 cm³/mol. The molecule has 5 nitrogen and oxygen atoms in total. The number of hydrogen-bond acceptors (Lipinski definition) is 6. The molecule has 0 atom stereocenters. The van der Waals surface area contributed by atoms with Crippen LogP contribution in [0.15, 0.2) is 60.8 Å². The Morgan fingerprint density at radius 2 is 1.92 bits per heavy atom. The summed E-state index contributed by atoms with van der Waals surface area (Å²) in [6.07, 6.45) is 1.77. The third-order valence-corrected chi connectivity index (χ3v) is 4.50. The summed E-state index contributed by atoms with van der Waals surface area (Å²) in [6, 6.07) is 18.0. The highest BCUT2D eigenvalue weighted by Gasteiger charge is 2.08. The van der Waals surface area contributed by atoms with E-state index in [1.807, 2.05) is 42.5 Å². The van der Waals surface area contributed by atoms with Crippen molar-refractivity contribution >= 4 is 33.1 Å². The van der Waals surface area contributed by atoms with Gasteiger partial charge in [0.2, 0.25) is 5.13 Å². The predicted octanol–water partition coefficient (Wildman–Crippen LogP) is 4.72. The van der Waals surface area contributed by atoms with Crippen LogP contribution in [0.25, 0.3) is 10.9 Å². The van der Waals surface area contributed by atoms with Crippen LogP contribution < -0.4 is 10.1 Å². The van der Waals surface area contributed by atoms with Crippen LogP contribution in [0.3, 0.4) is 0 Å². The first-order valence-corrected chi connectivity index (χ1v) is 8.72. The average molecular weight is 348 g/mol. The summed E-state index contributed by atoms with van der Waals surface area (Å²) in [5.41, 5.74) is 3.05. The van der Waals surface area contributed by atoms with Crippen molar-refractivity contribution in [3.8, 4) is 5.75 Å².